The number of H-pyrrole nitrogens is 1. The van der Waals surface area contributed by atoms with Crippen LogP contribution in [0, 0.1) is 0 Å². The number of carboxylic acids is 1. The Morgan fingerprint density at radius 1 is 1.43 bits per heavy atom. The van der Waals surface area contributed by atoms with Crippen LogP contribution in [0.5, 0.6) is 11.5 Å². The first-order chi connectivity index (χ1) is 14.3. The van der Waals surface area contributed by atoms with Gasteiger partial charge in [0.25, 0.3) is 0 Å². The lowest BCUT2D eigenvalue weighted by Crippen LogP contribution is -2.62. The molecule has 11 heteroatoms. The van der Waals surface area contributed by atoms with Crippen molar-refractivity contribution in [3.8, 4) is 11.5 Å². The molecule has 1 unspecified atom stereocenters. The molecular weight excluding hydrogens is 391 g/mol. The van der Waals surface area contributed by atoms with E-state index >= 15 is 0 Å². The van der Waals surface area contributed by atoms with Gasteiger partial charge in [0.1, 0.15) is 28.7 Å². The Bertz CT molecular complexity index is 1080. The van der Waals surface area contributed by atoms with Crippen molar-refractivity contribution in [2.75, 3.05) is 13.1 Å². The van der Waals surface area contributed by atoms with E-state index in [1.165, 1.54) is 11.2 Å². The number of fused-ring (bicyclic) bond motifs is 3. The summed E-state index contributed by atoms with van der Waals surface area (Å²) in [7, 11) is -1.10. The topological polar surface area (TPSA) is 151 Å². The molecule has 3 aliphatic rings. The van der Waals surface area contributed by atoms with Crippen molar-refractivity contribution in [1.82, 2.24) is 14.9 Å². The number of allylic oxidation sites excluding steroid dienone is 2. The van der Waals surface area contributed by atoms with E-state index in [9.17, 15) is 19.7 Å². The zero-order chi connectivity index (χ0) is 21.2. The zero-order valence-electron chi connectivity index (χ0n) is 16.0. The molecule has 2 aromatic rings. The Kier molecular flexibility index (Phi) is 3.96. The van der Waals surface area contributed by atoms with E-state index in [-0.39, 0.29) is 48.0 Å². The van der Waals surface area contributed by atoms with Crippen LogP contribution in [0.2, 0.25) is 5.82 Å². The molecule has 0 radical (unpaired) electrons. The van der Waals surface area contributed by atoms with Gasteiger partial charge >= 0.3 is 13.1 Å². The number of hydrogen-bond acceptors (Lipinski definition) is 7. The van der Waals surface area contributed by atoms with E-state index in [2.05, 4.69) is 9.97 Å². The van der Waals surface area contributed by atoms with Gasteiger partial charge in [-0.05, 0) is 24.6 Å². The van der Waals surface area contributed by atoms with E-state index < -0.39 is 18.6 Å². The highest BCUT2D eigenvalue weighted by atomic mass is 16.5. The molecule has 2 aliphatic heterocycles. The molecule has 1 saturated heterocycles. The minimum atomic E-state index is -1.28. The normalized spacial score (nSPS) is 21.4. The molecule has 1 aromatic heterocycles. The number of imidazole rings is 1. The fourth-order valence-corrected chi connectivity index (χ4v) is 3.90. The first-order valence-corrected chi connectivity index (χ1v) is 9.48. The van der Waals surface area contributed by atoms with Gasteiger partial charge in [0.2, 0.25) is 5.91 Å². The van der Waals surface area contributed by atoms with Gasteiger partial charge in [0.15, 0.2) is 0 Å². The zero-order valence-corrected chi connectivity index (χ0v) is 16.0. The number of nitrogens with two attached hydrogens (primary N) is 1. The average Bonchev–Trinajstić information content (AvgIpc) is 3.28. The summed E-state index contributed by atoms with van der Waals surface area (Å²) < 4.78 is 11.3. The Labute approximate surface area is 171 Å². The number of aromatic carboxylic acids is 1. The number of hydrogen-bond donors (Lipinski definition) is 4. The number of carboxylic acid groups (broad SMARTS) is 1. The Morgan fingerprint density at radius 3 is 2.87 bits per heavy atom. The smallest absolute Gasteiger partial charge is 0.534 e. The highest BCUT2D eigenvalue weighted by Gasteiger charge is 2.48. The van der Waals surface area contributed by atoms with Gasteiger partial charge in [0.05, 0.1) is 30.9 Å². The van der Waals surface area contributed by atoms with Crippen LogP contribution in [0.15, 0.2) is 30.7 Å². The lowest BCUT2D eigenvalue weighted by Gasteiger charge is -2.42. The summed E-state index contributed by atoms with van der Waals surface area (Å²) >= 11 is 0. The molecular formula is C19H19BN4O6. The highest BCUT2D eigenvalue weighted by Crippen LogP contribution is 2.54. The summed E-state index contributed by atoms with van der Waals surface area (Å²) in [6.45, 7) is 2.12. The van der Waals surface area contributed by atoms with Crippen LogP contribution in [0.4, 0.5) is 0 Å². The standard InChI is InChI=1S/C19H19BN4O6/c1-19(21,14-5-22-8-23-14)18(27)24-6-9(7-24)29-13-3-2-10-11-4-12(11)20(28)30-16(10)15(13)17(25)26/h2-5,8-9,12,28H,6-7,21H2,1H3,(H,22,23)(H,25,26)/t12-,19?/m1/s1. The molecule has 5 N–H and O–H groups in total. The minimum absolute atomic E-state index is 0.104. The molecule has 10 nitrogen and oxygen atoms in total. The monoisotopic (exact) mass is 410 g/mol. The lowest BCUT2D eigenvalue weighted by atomic mass is 9.75. The van der Waals surface area contributed by atoms with Crippen LogP contribution in [0.25, 0.3) is 5.57 Å². The van der Waals surface area contributed by atoms with Crippen molar-refractivity contribution in [2.45, 2.75) is 24.4 Å². The van der Waals surface area contributed by atoms with Crippen LogP contribution in [-0.4, -0.2) is 63.2 Å². The summed E-state index contributed by atoms with van der Waals surface area (Å²) in [5, 5.41) is 19.7. The predicted octanol–water partition coefficient (Wildman–Crippen LogP) is 0.212. The molecule has 5 rings (SSSR count). The number of likely N-dealkylation sites (tertiary alicyclic amines) is 1. The van der Waals surface area contributed by atoms with E-state index in [0.717, 1.165) is 5.57 Å². The van der Waals surface area contributed by atoms with Gasteiger partial charge in [-0.1, -0.05) is 6.08 Å². The average molecular weight is 410 g/mol. The first kappa shape index (κ1) is 18.7. The maximum Gasteiger partial charge on any atom is 0.534 e. The molecule has 1 aromatic carbocycles. The Hall–Kier alpha value is -3.31. The highest BCUT2D eigenvalue weighted by molar-refractivity contribution is 6.54. The second kappa shape index (κ2) is 6.35. The van der Waals surface area contributed by atoms with Crippen LogP contribution >= 0.6 is 0 Å². The minimum Gasteiger partial charge on any atom is -0.534 e. The van der Waals surface area contributed by atoms with Gasteiger partial charge < -0.3 is 35.1 Å². The van der Waals surface area contributed by atoms with Crippen LogP contribution in [-0.2, 0) is 10.3 Å². The molecule has 2 atom stereocenters. The van der Waals surface area contributed by atoms with Gasteiger partial charge in [-0.2, -0.15) is 0 Å². The molecule has 0 bridgehead atoms. The number of nitrogens with zero attached hydrogens (tertiary/aromatic N) is 2. The van der Waals surface area contributed by atoms with Gasteiger partial charge in [-0.15, -0.1) is 0 Å². The largest absolute Gasteiger partial charge is 0.534 e. The Morgan fingerprint density at radius 2 is 2.20 bits per heavy atom. The quantitative estimate of drug-likeness (QED) is 0.511. The second-order valence-electron chi connectivity index (χ2n) is 7.88. The lowest BCUT2D eigenvalue weighted by molar-refractivity contribution is -0.145. The van der Waals surface area contributed by atoms with Crippen molar-refractivity contribution >= 4 is 24.6 Å². The van der Waals surface area contributed by atoms with Crippen molar-refractivity contribution in [3.63, 3.8) is 0 Å². The molecule has 1 fully saturated rings. The number of ether oxygens (including phenoxy) is 1. The van der Waals surface area contributed by atoms with Crippen LogP contribution in [0.3, 0.4) is 0 Å². The first-order valence-electron chi connectivity index (χ1n) is 9.48. The van der Waals surface area contributed by atoms with Crippen molar-refractivity contribution in [2.24, 2.45) is 5.73 Å². The summed E-state index contributed by atoms with van der Waals surface area (Å²) in [6.07, 6.45) is 4.48. The summed E-state index contributed by atoms with van der Waals surface area (Å²) in [5.41, 5.74) is 6.71. The van der Waals surface area contributed by atoms with E-state index in [4.69, 9.17) is 15.1 Å². The Balaban J connectivity index is 1.31. The number of aromatic amines is 1. The third kappa shape index (κ3) is 2.77. The van der Waals surface area contributed by atoms with Gasteiger partial charge in [-0.25, -0.2) is 9.78 Å². The predicted molar refractivity (Wildman–Crippen MR) is 105 cm³/mol. The summed E-state index contributed by atoms with van der Waals surface area (Å²) in [5.74, 6) is -1.45. The molecule has 154 valence electrons. The third-order valence-corrected chi connectivity index (χ3v) is 5.70. The number of carbonyl (C=O) groups excluding carboxylic acids is 1. The van der Waals surface area contributed by atoms with Crippen molar-refractivity contribution < 1.29 is 29.1 Å². The second-order valence-corrected chi connectivity index (χ2v) is 7.88. The molecule has 3 heterocycles. The maximum atomic E-state index is 12.7. The van der Waals surface area contributed by atoms with E-state index in [1.807, 2.05) is 6.08 Å². The third-order valence-electron chi connectivity index (χ3n) is 5.70. The maximum absolute atomic E-state index is 12.7. The number of nitrogens with one attached hydrogen (secondary N) is 1. The van der Waals surface area contributed by atoms with Gasteiger partial charge in [0, 0.05) is 11.8 Å². The number of aromatic nitrogens is 2. The summed E-state index contributed by atoms with van der Waals surface area (Å²) in [6, 6.07) is 3.31. The molecule has 0 saturated carbocycles. The van der Waals surface area contributed by atoms with Crippen LogP contribution < -0.4 is 15.1 Å². The number of rotatable bonds is 5. The molecule has 30 heavy (non-hydrogen) atoms. The van der Waals surface area contributed by atoms with E-state index in [0.29, 0.717) is 11.3 Å². The molecule has 0 spiro atoms. The molecule has 1 amide bonds. The van der Waals surface area contributed by atoms with Crippen LogP contribution in [0.1, 0.15) is 28.5 Å². The number of benzene rings is 1. The number of carbonyl (C=O) groups is 2. The fraction of sp³-hybridized carbons (Fsp3) is 0.316. The summed E-state index contributed by atoms with van der Waals surface area (Å²) in [4.78, 5) is 33.0. The van der Waals surface area contributed by atoms with Gasteiger partial charge in [-0.3, -0.25) is 4.79 Å². The number of amides is 1. The van der Waals surface area contributed by atoms with E-state index in [1.54, 1.807) is 25.3 Å². The molecule has 1 aliphatic carbocycles. The van der Waals surface area contributed by atoms with Crippen molar-refractivity contribution in [3.05, 3.63) is 47.6 Å². The fourth-order valence-electron chi connectivity index (χ4n) is 3.90. The van der Waals surface area contributed by atoms with Crippen molar-refractivity contribution in [1.29, 1.82) is 0 Å². The SMILES string of the molecule is CC(N)(C(=O)N1CC(Oc2ccc3c(c2C(=O)O)OB(O)[C@@H]2C=C32)C1)c1c[nH]cn1.